The summed E-state index contributed by atoms with van der Waals surface area (Å²) in [6.45, 7) is 1.89. The molecule has 0 aromatic heterocycles. The van der Waals surface area contributed by atoms with E-state index in [9.17, 15) is 4.79 Å². The summed E-state index contributed by atoms with van der Waals surface area (Å²) >= 11 is 4.92. The number of rotatable bonds is 0. The van der Waals surface area contributed by atoms with Crippen LogP contribution >= 0.6 is 12.2 Å². The highest BCUT2D eigenvalue weighted by atomic mass is 32.1. The fourth-order valence-corrected chi connectivity index (χ4v) is 2.17. The van der Waals surface area contributed by atoms with Crippen LogP contribution in [-0.2, 0) is 4.79 Å². The molecular weight excluding hydrogens is 186 g/mol. The number of amides is 1. The van der Waals surface area contributed by atoms with Crippen LogP contribution in [0.1, 0.15) is 12.8 Å². The van der Waals surface area contributed by atoms with Gasteiger partial charge in [-0.2, -0.15) is 0 Å². The largest absolute Gasteiger partial charge is 0.348 e. The van der Waals surface area contributed by atoms with Gasteiger partial charge in [0, 0.05) is 13.1 Å². The van der Waals surface area contributed by atoms with Crippen molar-refractivity contribution in [3.63, 3.8) is 0 Å². The molecule has 0 aliphatic carbocycles. The fourth-order valence-electron chi connectivity index (χ4n) is 1.88. The standard InChI is InChI=1S/C8H13N3OS/c1-11-4-2-8(3-5-11)6(12)9-7(13)10-8/h2-5H2,1H3,(H2,9,10,12,13). The van der Waals surface area contributed by atoms with E-state index >= 15 is 0 Å². The zero-order chi connectivity index (χ0) is 9.47. The van der Waals surface area contributed by atoms with Crippen molar-refractivity contribution in [2.24, 2.45) is 0 Å². The molecular formula is C8H13N3OS. The van der Waals surface area contributed by atoms with Crippen molar-refractivity contribution in [1.29, 1.82) is 0 Å². The van der Waals surface area contributed by atoms with E-state index in [2.05, 4.69) is 22.6 Å². The zero-order valence-electron chi connectivity index (χ0n) is 7.59. The van der Waals surface area contributed by atoms with E-state index in [-0.39, 0.29) is 5.91 Å². The lowest BCUT2D eigenvalue weighted by molar-refractivity contribution is -0.125. The van der Waals surface area contributed by atoms with Crippen molar-refractivity contribution in [2.45, 2.75) is 18.4 Å². The van der Waals surface area contributed by atoms with E-state index in [1.807, 2.05) is 0 Å². The van der Waals surface area contributed by atoms with Gasteiger partial charge < -0.3 is 15.5 Å². The second-order valence-corrected chi connectivity index (χ2v) is 4.20. The van der Waals surface area contributed by atoms with Gasteiger partial charge in [0.1, 0.15) is 5.54 Å². The van der Waals surface area contributed by atoms with Crippen molar-refractivity contribution in [2.75, 3.05) is 20.1 Å². The number of nitrogens with zero attached hydrogens (tertiary/aromatic N) is 1. The van der Waals surface area contributed by atoms with Crippen molar-refractivity contribution in [3.05, 3.63) is 0 Å². The molecule has 0 aromatic rings. The molecule has 2 aliphatic rings. The molecule has 0 unspecified atom stereocenters. The van der Waals surface area contributed by atoms with Crippen LogP contribution in [0, 0.1) is 0 Å². The van der Waals surface area contributed by atoms with Gasteiger partial charge in [-0.05, 0) is 32.1 Å². The van der Waals surface area contributed by atoms with E-state index in [1.54, 1.807) is 0 Å². The van der Waals surface area contributed by atoms with Crippen LogP contribution in [0.15, 0.2) is 0 Å². The predicted molar refractivity (Wildman–Crippen MR) is 53.3 cm³/mol. The summed E-state index contributed by atoms with van der Waals surface area (Å²) in [5.41, 5.74) is -0.399. The topological polar surface area (TPSA) is 44.4 Å². The third kappa shape index (κ3) is 1.42. The number of nitrogens with one attached hydrogen (secondary N) is 2. The van der Waals surface area contributed by atoms with E-state index in [0.717, 1.165) is 25.9 Å². The molecule has 0 atom stereocenters. The van der Waals surface area contributed by atoms with Crippen LogP contribution in [0.4, 0.5) is 0 Å². The number of carbonyl (C=O) groups excluding carboxylic acids is 1. The number of hydrogen-bond acceptors (Lipinski definition) is 3. The van der Waals surface area contributed by atoms with Crippen LogP contribution in [0.5, 0.6) is 0 Å². The first kappa shape index (κ1) is 8.90. The van der Waals surface area contributed by atoms with Crippen molar-refractivity contribution < 1.29 is 4.79 Å². The molecule has 0 aromatic carbocycles. The highest BCUT2D eigenvalue weighted by Crippen LogP contribution is 2.24. The Balaban J connectivity index is 2.13. The molecule has 0 bridgehead atoms. The number of thiocarbonyl (C=S) groups is 1. The van der Waals surface area contributed by atoms with Crippen LogP contribution < -0.4 is 10.6 Å². The summed E-state index contributed by atoms with van der Waals surface area (Å²) in [4.78, 5) is 13.8. The summed E-state index contributed by atoms with van der Waals surface area (Å²) in [6.07, 6.45) is 1.69. The van der Waals surface area contributed by atoms with Gasteiger partial charge >= 0.3 is 0 Å². The lowest BCUT2D eigenvalue weighted by Crippen LogP contribution is -2.54. The van der Waals surface area contributed by atoms with E-state index in [1.165, 1.54) is 0 Å². The van der Waals surface area contributed by atoms with Gasteiger partial charge in [-0.3, -0.25) is 4.79 Å². The summed E-state index contributed by atoms with van der Waals surface area (Å²) < 4.78 is 0. The molecule has 2 rings (SSSR count). The van der Waals surface area contributed by atoms with Gasteiger partial charge in [-0.25, -0.2) is 0 Å². The minimum Gasteiger partial charge on any atom is -0.348 e. The highest BCUT2D eigenvalue weighted by Gasteiger charge is 2.45. The maximum Gasteiger partial charge on any atom is 0.251 e. The molecule has 4 nitrogen and oxygen atoms in total. The number of hydrogen-bond donors (Lipinski definition) is 2. The molecule has 2 N–H and O–H groups in total. The van der Waals surface area contributed by atoms with E-state index in [0.29, 0.717) is 5.11 Å². The predicted octanol–water partition coefficient (Wildman–Crippen LogP) is -0.545. The summed E-state index contributed by atoms with van der Waals surface area (Å²) in [7, 11) is 2.07. The molecule has 72 valence electrons. The Morgan fingerprint density at radius 1 is 1.46 bits per heavy atom. The average Bonchev–Trinajstić information content (AvgIpc) is 2.34. The molecule has 0 saturated carbocycles. The molecule has 2 fully saturated rings. The van der Waals surface area contributed by atoms with Crippen LogP contribution in [0.25, 0.3) is 0 Å². The van der Waals surface area contributed by atoms with Crippen LogP contribution in [0.2, 0.25) is 0 Å². The van der Waals surface area contributed by atoms with Crippen LogP contribution in [0.3, 0.4) is 0 Å². The monoisotopic (exact) mass is 199 g/mol. The van der Waals surface area contributed by atoms with Crippen molar-refractivity contribution in [1.82, 2.24) is 15.5 Å². The number of carbonyl (C=O) groups is 1. The molecule has 0 radical (unpaired) electrons. The van der Waals surface area contributed by atoms with Crippen molar-refractivity contribution in [3.8, 4) is 0 Å². The van der Waals surface area contributed by atoms with Gasteiger partial charge in [0.2, 0.25) is 0 Å². The smallest absolute Gasteiger partial charge is 0.251 e. The minimum absolute atomic E-state index is 0.0469. The maximum absolute atomic E-state index is 11.6. The Bertz CT molecular complexity index is 258. The summed E-state index contributed by atoms with van der Waals surface area (Å²) in [5, 5.41) is 6.22. The lowest BCUT2D eigenvalue weighted by Gasteiger charge is -2.35. The van der Waals surface area contributed by atoms with E-state index in [4.69, 9.17) is 12.2 Å². The normalized spacial score (nSPS) is 27.5. The number of likely N-dealkylation sites (tertiary alicyclic amines) is 1. The van der Waals surface area contributed by atoms with Gasteiger partial charge in [0.15, 0.2) is 5.11 Å². The van der Waals surface area contributed by atoms with Gasteiger partial charge in [-0.1, -0.05) is 0 Å². The maximum atomic E-state index is 11.6. The molecule has 5 heteroatoms. The molecule has 2 aliphatic heterocycles. The molecule has 2 heterocycles. The first-order valence-electron chi connectivity index (χ1n) is 4.45. The van der Waals surface area contributed by atoms with Gasteiger partial charge in [0.05, 0.1) is 0 Å². The Hall–Kier alpha value is -0.680. The zero-order valence-corrected chi connectivity index (χ0v) is 8.41. The third-order valence-corrected chi connectivity index (χ3v) is 3.06. The first-order valence-corrected chi connectivity index (χ1v) is 4.85. The Morgan fingerprint density at radius 2 is 2.08 bits per heavy atom. The van der Waals surface area contributed by atoms with Gasteiger partial charge in [-0.15, -0.1) is 0 Å². The van der Waals surface area contributed by atoms with Crippen molar-refractivity contribution >= 4 is 23.2 Å². The summed E-state index contributed by atoms with van der Waals surface area (Å²) in [6, 6.07) is 0. The second kappa shape index (κ2) is 2.92. The fraction of sp³-hybridized carbons (Fsp3) is 0.750. The Kier molecular flexibility index (Phi) is 2.00. The highest BCUT2D eigenvalue weighted by molar-refractivity contribution is 7.80. The first-order chi connectivity index (χ1) is 6.12. The Morgan fingerprint density at radius 3 is 2.54 bits per heavy atom. The van der Waals surface area contributed by atoms with Crippen LogP contribution in [-0.4, -0.2) is 41.6 Å². The average molecular weight is 199 g/mol. The minimum atomic E-state index is -0.399. The molecule has 1 spiro atoms. The lowest BCUT2D eigenvalue weighted by atomic mass is 9.88. The number of piperidine rings is 1. The Labute approximate surface area is 82.7 Å². The third-order valence-electron chi connectivity index (χ3n) is 2.86. The molecule has 2 saturated heterocycles. The van der Waals surface area contributed by atoms with Gasteiger partial charge in [0.25, 0.3) is 5.91 Å². The SMILES string of the molecule is CN1CCC2(CC1)NC(=S)NC2=O. The molecule has 13 heavy (non-hydrogen) atoms. The summed E-state index contributed by atoms with van der Waals surface area (Å²) in [5.74, 6) is 0.0469. The second-order valence-electron chi connectivity index (χ2n) is 3.79. The quantitative estimate of drug-likeness (QED) is 0.514. The molecule has 1 amide bonds. The van der Waals surface area contributed by atoms with E-state index < -0.39 is 5.54 Å².